The summed E-state index contributed by atoms with van der Waals surface area (Å²) < 4.78 is 35.5. The van der Waals surface area contributed by atoms with Crippen molar-refractivity contribution in [1.29, 1.82) is 0 Å². The van der Waals surface area contributed by atoms with Crippen LogP contribution in [0.2, 0.25) is 5.02 Å². The van der Waals surface area contributed by atoms with Crippen molar-refractivity contribution in [2.24, 2.45) is 0 Å². The van der Waals surface area contributed by atoms with Crippen molar-refractivity contribution in [3.05, 3.63) is 58.9 Å². The predicted octanol–water partition coefficient (Wildman–Crippen LogP) is 4.56. The van der Waals surface area contributed by atoms with Gasteiger partial charge < -0.3 is 26.2 Å². The van der Waals surface area contributed by atoms with Crippen LogP contribution < -0.4 is 26.2 Å². The molecule has 4 rings (SSSR count). The van der Waals surface area contributed by atoms with Gasteiger partial charge in [0.1, 0.15) is 6.61 Å². The Bertz CT molecular complexity index is 1170. The van der Waals surface area contributed by atoms with Gasteiger partial charge in [-0.2, -0.15) is 0 Å². The fourth-order valence-corrected chi connectivity index (χ4v) is 4.59. The van der Waals surface area contributed by atoms with Gasteiger partial charge in [0.15, 0.2) is 22.6 Å². The van der Waals surface area contributed by atoms with Crippen LogP contribution in [0.5, 0.6) is 5.75 Å². The molecule has 9 heteroatoms. The Morgan fingerprint density at radius 3 is 2.70 bits per heavy atom. The Hall–Kier alpha value is -2.97. The standard InChI is InChI=1S/C21H20ClFN4O2S/c1-11-6-17(24)18(25)10-20(11)30(28)27-13-2-3-14(15(22)9-13)12-7-16(23)21-19(8-12)26-4-5-29-21/h2-3,6-10,26-27H,4-5,24-25H2,1H3. The van der Waals surface area contributed by atoms with E-state index in [-0.39, 0.29) is 5.75 Å². The summed E-state index contributed by atoms with van der Waals surface area (Å²) in [4.78, 5) is 0.532. The number of nitrogens with two attached hydrogens (primary N) is 2. The molecule has 1 atom stereocenters. The third-order valence-corrected chi connectivity index (χ3v) is 6.35. The van der Waals surface area contributed by atoms with E-state index in [1.165, 1.54) is 6.07 Å². The number of hydrogen-bond donors (Lipinski definition) is 4. The van der Waals surface area contributed by atoms with Crippen LogP contribution in [-0.2, 0) is 11.0 Å². The van der Waals surface area contributed by atoms with Gasteiger partial charge in [-0.05, 0) is 54.4 Å². The van der Waals surface area contributed by atoms with Gasteiger partial charge in [0.05, 0.1) is 27.0 Å². The molecule has 0 saturated heterocycles. The molecule has 1 aliphatic rings. The van der Waals surface area contributed by atoms with Gasteiger partial charge >= 0.3 is 0 Å². The second-order valence-electron chi connectivity index (χ2n) is 6.92. The summed E-state index contributed by atoms with van der Waals surface area (Å²) >= 11 is 6.46. The normalized spacial score (nSPS) is 13.7. The molecule has 3 aromatic rings. The maximum absolute atomic E-state index is 14.4. The molecule has 1 aliphatic heterocycles. The summed E-state index contributed by atoms with van der Waals surface area (Å²) in [7, 11) is -1.56. The summed E-state index contributed by atoms with van der Waals surface area (Å²) in [5.74, 6) is -0.238. The third kappa shape index (κ3) is 3.88. The molecule has 0 fully saturated rings. The first-order valence-electron chi connectivity index (χ1n) is 9.17. The van der Waals surface area contributed by atoms with Crippen molar-refractivity contribution in [1.82, 2.24) is 0 Å². The molecule has 0 aromatic heterocycles. The minimum Gasteiger partial charge on any atom is -0.486 e. The van der Waals surface area contributed by atoms with Gasteiger partial charge in [0, 0.05) is 17.8 Å². The van der Waals surface area contributed by atoms with E-state index >= 15 is 0 Å². The number of aryl methyl sites for hydroxylation is 1. The van der Waals surface area contributed by atoms with E-state index in [2.05, 4.69) is 10.0 Å². The molecule has 0 bridgehead atoms. The van der Waals surface area contributed by atoms with E-state index in [4.69, 9.17) is 27.8 Å². The van der Waals surface area contributed by atoms with Gasteiger partial charge in [0.2, 0.25) is 0 Å². The van der Waals surface area contributed by atoms with E-state index in [9.17, 15) is 8.60 Å². The zero-order valence-corrected chi connectivity index (χ0v) is 17.7. The third-order valence-electron chi connectivity index (χ3n) is 4.78. The molecule has 0 spiro atoms. The lowest BCUT2D eigenvalue weighted by atomic mass is 10.0. The summed E-state index contributed by atoms with van der Waals surface area (Å²) in [6.07, 6.45) is 0. The van der Waals surface area contributed by atoms with Crippen LogP contribution in [0.3, 0.4) is 0 Å². The zero-order chi connectivity index (χ0) is 21.4. The first kappa shape index (κ1) is 20.3. The number of benzene rings is 3. The highest BCUT2D eigenvalue weighted by Crippen LogP contribution is 2.38. The van der Waals surface area contributed by atoms with Gasteiger partial charge in [-0.1, -0.05) is 17.7 Å². The van der Waals surface area contributed by atoms with Crippen molar-refractivity contribution in [2.45, 2.75) is 11.8 Å². The topological polar surface area (TPSA) is 102 Å². The minimum atomic E-state index is -1.56. The maximum Gasteiger partial charge on any atom is 0.178 e. The lowest BCUT2D eigenvalue weighted by molar-refractivity contribution is 0.306. The van der Waals surface area contributed by atoms with Crippen molar-refractivity contribution in [2.75, 3.05) is 34.7 Å². The SMILES string of the molecule is Cc1cc(N)c(N)cc1S(=O)Nc1ccc(-c2cc(F)c3c(c2)NCCO3)c(Cl)c1. The van der Waals surface area contributed by atoms with E-state index in [1.807, 2.05) is 6.92 Å². The second kappa shape index (κ2) is 8.04. The predicted molar refractivity (Wildman–Crippen MR) is 121 cm³/mol. The van der Waals surface area contributed by atoms with Gasteiger partial charge in [-0.25, -0.2) is 8.60 Å². The van der Waals surface area contributed by atoms with Crippen LogP contribution in [-0.4, -0.2) is 17.4 Å². The Morgan fingerprint density at radius 2 is 1.93 bits per heavy atom. The first-order chi connectivity index (χ1) is 14.3. The number of anilines is 4. The van der Waals surface area contributed by atoms with E-state index < -0.39 is 16.8 Å². The smallest absolute Gasteiger partial charge is 0.178 e. The van der Waals surface area contributed by atoms with E-state index in [0.29, 0.717) is 56.9 Å². The molecular formula is C21H20ClFN4O2S. The largest absolute Gasteiger partial charge is 0.486 e. The molecule has 30 heavy (non-hydrogen) atoms. The van der Waals surface area contributed by atoms with E-state index in [0.717, 1.165) is 5.56 Å². The van der Waals surface area contributed by atoms with Crippen LogP contribution >= 0.6 is 11.6 Å². The Labute approximate surface area is 181 Å². The monoisotopic (exact) mass is 446 g/mol. The van der Waals surface area contributed by atoms with Gasteiger partial charge in [-0.3, -0.25) is 0 Å². The van der Waals surface area contributed by atoms with Crippen LogP contribution in [0.15, 0.2) is 47.4 Å². The molecule has 156 valence electrons. The molecule has 6 nitrogen and oxygen atoms in total. The average Bonchev–Trinajstić information content (AvgIpc) is 2.70. The second-order valence-corrected chi connectivity index (χ2v) is 8.51. The Balaban J connectivity index is 1.61. The van der Waals surface area contributed by atoms with Crippen molar-refractivity contribution in [3.63, 3.8) is 0 Å². The Morgan fingerprint density at radius 1 is 1.17 bits per heavy atom. The van der Waals surface area contributed by atoms with Crippen LogP contribution in [0.4, 0.5) is 27.1 Å². The summed E-state index contributed by atoms with van der Waals surface area (Å²) in [5, 5.41) is 3.51. The molecule has 1 heterocycles. The molecule has 6 N–H and O–H groups in total. The number of ether oxygens (including phenoxy) is 1. The Kier molecular flexibility index (Phi) is 5.44. The van der Waals surface area contributed by atoms with Gasteiger partial charge in [-0.15, -0.1) is 0 Å². The number of halogens is 2. The number of nitrogen functional groups attached to an aromatic ring is 2. The molecule has 0 saturated carbocycles. The fourth-order valence-electron chi connectivity index (χ4n) is 3.27. The summed E-state index contributed by atoms with van der Waals surface area (Å²) in [5.41, 5.74) is 15.6. The lowest BCUT2D eigenvalue weighted by Gasteiger charge is -2.21. The highest BCUT2D eigenvalue weighted by atomic mass is 35.5. The number of hydrogen-bond acceptors (Lipinski definition) is 5. The average molecular weight is 447 g/mol. The fraction of sp³-hybridized carbons (Fsp3) is 0.143. The van der Waals surface area contributed by atoms with Crippen molar-refractivity contribution >= 4 is 45.3 Å². The quantitative estimate of drug-likeness (QED) is 0.440. The lowest BCUT2D eigenvalue weighted by Crippen LogP contribution is -2.19. The van der Waals surface area contributed by atoms with Gasteiger partial charge in [0.25, 0.3) is 0 Å². The zero-order valence-electron chi connectivity index (χ0n) is 16.1. The molecule has 3 aromatic carbocycles. The molecule has 0 amide bonds. The minimum absolute atomic E-state index is 0.216. The van der Waals surface area contributed by atoms with Crippen molar-refractivity contribution in [3.8, 4) is 16.9 Å². The number of nitrogens with one attached hydrogen (secondary N) is 2. The molecule has 0 aliphatic carbocycles. The maximum atomic E-state index is 14.4. The van der Waals surface area contributed by atoms with Crippen LogP contribution in [0.25, 0.3) is 11.1 Å². The van der Waals surface area contributed by atoms with Crippen LogP contribution in [0, 0.1) is 12.7 Å². The van der Waals surface area contributed by atoms with E-state index in [1.54, 1.807) is 36.4 Å². The summed E-state index contributed by atoms with van der Waals surface area (Å²) in [6.45, 7) is 2.83. The summed E-state index contributed by atoms with van der Waals surface area (Å²) in [6, 6.07) is 11.6. The molecular weight excluding hydrogens is 427 g/mol. The van der Waals surface area contributed by atoms with Crippen molar-refractivity contribution < 1.29 is 13.3 Å². The first-order valence-corrected chi connectivity index (χ1v) is 10.7. The highest BCUT2D eigenvalue weighted by molar-refractivity contribution is 7.86. The number of rotatable bonds is 4. The number of fused-ring (bicyclic) bond motifs is 1. The highest BCUT2D eigenvalue weighted by Gasteiger charge is 2.18. The van der Waals surface area contributed by atoms with Crippen LogP contribution in [0.1, 0.15) is 5.56 Å². The molecule has 1 unspecified atom stereocenters. The molecule has 0 radical (unpaired) electrons.